The van der Waals surface area contributed by atoms with E-state index < -0.39 is 0 Å². The second-order valence-corrected chi connectivity index (χ2v) is 6.18. The standard InChI is InChI=1S/C17H31N5O.HI/c1-18-17(20-11-9-15-13-21-22(2)14-15)19-10-6-12-23-16-7-4-3-5-8-16;/h13-14,16H,3-12H2,1-2H3,(H2,18,19,20);1H. The van der Waals surface area contributed by atoms with Crippen LogP contribution in [0.2, 0.25) is 0 Å². The van der Waals surface area contributed by atoms with Crippen molar-refractivity contribution in [3.63, 3.8) is 0 Å². The Hall–Kier alpha value is -0.830. The van der Waals surface area contributed by atoms with Gasteiger partial charge in [-0.05, 0) is 31.2 Å². The first-order valence-corrected chi connectivity index (χ1v) is 8.81. The molecule has 1 aliphatic rings. The second-order valence-electron chi connectivity index (χ2n) is 6.18. The lowest BCUT2D eigenvalue weighted by Crippen LogP contribution is -2.39. The van der Waals surface area contributed by atoms with Crippen LogP contribution in [0.1, 0.15) is 44.1 Å². The van der Waals surface area contributed by atoms with E-state index in [0.29, 0.717) is 6.10 Å². The van der Waals surface area contributed by atoms with Crippen molar-refractivity contribution in [3.05, 3.63) is 18.0 Å². The highest BCUT2D eigenvalue weighted by Crippen LogP contribution is 2.20. The Kier molecular flexibility index (Phi) is 11.1. The van der Waals surface area contributed by atoms with E-state index in [1.54, 1.807) is 7.05 Å². The predicted molar refractivity (Wildman–Crippen MR) is 109 cm³/mol. The van der Waals surface area contributed by atoms with E-state index in [0.717, 1.165) is 38.5 Å². The Bertz CT molecular complexity index is 471. The van der Waals surface area contributed by atoms with Crippen LogP contribution in [0.3, 0.4) is 0 Å². The molecule has 2 rings (SSSR count). The van der Waals surface area contributed by atoms with E-state index in [9.17, 15) is 0 Å². The van der Waals surface area contributed by atoms with Gasteiger partial charge in [0.2, 0.25) is 0 Å². The summed E-state index contributed by atoms with van der Waals surface area (Å²) in [6, 6.07) is 0. The van der Waals surface area contributed by atoms with Gasteiger partial charge in [0.1, 0.15) is 0 Å². The Morgan fingerprint density at radius 3 is 2.71 bits per heavy atom. The minimum atomic E-state index is 0. The summed E-state index contributed by atoms with van der Waals surface area (Å²) in [4.78, 5) is 4.24. The summed E-state index contributed by atoms with van der Waals surface area (Å²) in [6.07, 6.45) is 12.9. The van der Waals surface area contributed by atoms with Gasteiger partial charge in [-0.2, -0.15) is 5.10 Å². The summed E-state index contributed by atoms with van der Waals surface area (Å²) >= 11 is 0. The van der Waals surface area contributed by atoms with E-state index in [2.05, 4.69) is 20.7 Å². The van der Waals surface area contributed by atoms with Crippen LogP contribution in [0.4, 0.5) is 0 Å². The van der Waals surface area contributed by atoms with Gasteiger partial charge in [-0.3, -0.25) is 9.67 Å². The molecular formula is C17H32IN5O. The molecule has 1 heterocycles. The third-order valence-electron chi connectivity index (χ3n) is 4.21. The van der Waals surface area contributed by atoms with Gasteiger partial charge in [-0.1, -0.05) is 19.3 Å². The van der Waals surface area contributed by atoms with Gasteiger partial charge in [0, 0.05) is 40.0 Å². The first kappa shape index (κ1) is 21.2. The van der Waals surface area contributed by atoms with Crippen LogP contribution < -0.4 is 10.6 Å². The lowest BCUT2D eigenvalue weighted by atomic mass is 9.98. The van der Waals surface area contributed by atoms with E-state index in [1.807, 2.05) is 24.1 Å². The highest BCUT2D eigenvalue weighted by molar-refractivity contribution is 14.0. The molecule has 0 aliphatic heterocycles. The number of guanidine groups is 1. The third-order valence-corrected chi connectivity index (χ3v) is 4.21. The molecule has 0 amide bonds. The molecule has 0 unspecified atom stereocenters. The molecule has 0 aromatic carbocycles. The van der Waals surface area contributed by atoms with E-state index in [4.69, 9.17) is 4.74 Å². The van der Waals surface area contributed by atoms with Crippen LogP contribution in [-0.2, 0) is 18.2 Å². The SMILES string of the molecule is CN=C(NCCCOC1CCCCC1)NCCc1cnn(C)c1.I. The molecule has 1 aromatic rings. The van der Waals surface area contributed by atoms with Gasteiger partial charge in [0.25, 0.3) is 0 Å². The molecule has 6 nitrogen and oxygen atoms in total. The van der Waals surface area contributed by atoms with E-state index in [1.165, 1.54) is 37.7 Å². The molecule has 0 spiro atoms. The van der Waals surface area contributed by atoms with Crippen LogP contribution in [-0.4, -0.2) is 48.6 Å². The molecule has 0 bridgehead atoms. The largest absolute Gasteiger partial charge is 0.378 e. The molecule has 1 fully saturated rings. The smallest absolute Gasteiger partial charge is 0.190 e. The van der Waals surface area contributed by atoms with Crippen LogP contribution in [0.5, 0.6) is 0 Å². The van der Waals surface area contributed by atoms with Crippen molar-refractivity contribution in [1.82, 2.24) is 20.4 Å². The van der Waals surface area contributed by atoms with Crippen molar-refractivity contribution in [1.29, 1.82) is 0 Å². The number of aryl methyl sites for hydroxylation is 1. The Labute approximate surface area is 162 Å². The number of nitrogens with one attached hydrogen (secondary N) is 2. The van der Waals surface area contributed by atoms with Crippen molar-refractivity contribution in [2.24, 2.45) is 12.0 Å². The summed E-state index contributed by atoms with van der Waals surface area (Å²) in [5.41, 5.74) is 1.23. The third kappa shape index (κ3) is 8.32. The normalized spacial score (nSPS) is 15.8. The van der Waals surface area contributed by atoms with Gasteiger partial charge in [-0.25, -0.2) is 0 Å². The zero-order valence-corrected chi connectivity index (χ0v) is 17.3. The molecule has 138 valence electrons. The summed E-state index contributed by atoms with van der Waals surface area (Å²) in [7, 11) is 3.74. The maximum atomic E-state index is 5.93. The fourth-order valence-electron chi connectivity index (χ4n) is 2.91. The molecule has 1 aromatic heterocycles. The number of aliphatic imine (C=N–C) groups is 1. The average Bonchev–Trinajstić information content (AvgIpc) is 2.99. The molecule has 1 aliphatic carbocycles. The van der Waals surface area contributed by atoms with Crippen molar-refractivity contribution >= 4 is 29.9 Å². The molecule has 0 saturated heterocycles. The Morgan fingerprint density at radius 1 is 1.29 bits per heavy atom. The number of halogens is 1. The van der Waals surface area contributed by atoms with Crippen LogP contribution >= 0.6 is 24.0 Å². The maximum Gasteiger partial charge on any atom is 0.190 e. The zero-order chi connectivity index (χ0) is 16.3. The van der Waals surface area contributed by atoms with Crippen molar-refractivity contribution in [2.75, 3.05) is 26.7 Å². The van der Waals surface area contributed by atoms with E-state index in [-0.39, 0.29) is 24.0 Å². The number of hydrogen-bond donors (Lipinski definition) is 2. The topological polar surface area (TPSA) is 63.5 Å². The number of hydrogen-bond acceptors (Lipinski definition) is 3. The molecule has 0 atom stereocenters. The van der Waals surface area contributed by atoms with Crippen molar-refractivity contribution in [2.45, 2.75) is 51.0 Å². The lowest BCUT2D eigenvalue weighted by molar-refractivity contribution is 0.0277. The summed E-state index contributed by atoms with van der Waals surface area (Å²) in [5.74, 6) is 0.853. The fraction of sp³-hybridized carbons (Fsp3) is 0.765. The summed E-state index contributed by atoms with van der Waals surface area (Å²) in [5, 5.41) is 10.8. The zero-order valence-electron chi connectivity index (χ0n) is 15.0. The monoisotopic (exact) mass is 449 g/mol. The first-order chi connectivity index (χ1) is 11.3. The highest BCUT2D eigenvalue weighted by atomic mass is 127. The second kappa shape index (κ2) is 12.5. The van der Waals surface area contributed by atoms with Crippen LogP contribution in [0.15, 0.2) is 17.4 Å². The number of nitrogens with zero attached hydrogens (tertiary/aromatic N) is 3. The quantitative estimate of drug-likeness (QED) is 0.277. The summed E-state index contributed by atoms with van der Waals surface area (Å²) in [6.45, 7) is 2.58. The van der Waals surface area contributed by atoms with Crippen LogP contribution in [0, 0.1) is 0 Å². The van der Waals surface area contributed by atoms with Gasteiger partial charge in [-0.15, -0.1) is 24.0 Å². The highest BCUT2D eigenvalue weighted by Gasteiger charge is 2.12. The van der Waals surface area contributed by atoms with Crippen LogP contribution in [0.25, 0.3) is 0 Å². The number of rotatable bonds is 8. The van der Waals surface area contributed by atoms with Crippen molar-refractivity contribution in [3.8, 4) is 0 Å². The molecular weight excluding hydrogens is 417 g/mol. The fourth-order valence-corrected chi connectivity index (χ4v) is 2.91. The molecule has 24 heavy (non-hydrogen) atoms. The molecule has 0 radical (unpaired) electrons. The minimum Gasteiger partial charge on any atom is -0.378 e. The number of ether oxygens (including phenoxy) is 1. The molecule has 1 saturated carbocycles. The molecule has 2 N–H and O–H groups in total. The molecule has 7 heteroatoms. The number of aromatic nitrogens is 2. The predicted octanol–water partition coefficient (Wildman–Crippen LogP) is 2.49. The Morgan fingerprint density at radius 2 is 2.04 bits per heavy atom. The van der Waals surface area contributed by atoms with Crippen molar-refractivity contribution < 1.29 is 4.74 Å². The van der Waals surface area contributed by atoms with Gasteiger partial charge in [0.15, 0.2) is 5.96 Å². The van der Waals surface area contributed by atoms with Gasteiger partial charge in [0.05, 0.1) is 12.3 Å². The summed E-state index contributed by atoms with van der Waals surface area (Å²) < 4.78 is 7.76. The first-order valence-electron chi connectivity index (χ1n) is 8.81. The minimum absolute atomic E-state index is 0. The average molecular weight is 449 g/mol. The maximum absolute atomic E-state index is 5.93. The van der Waals surface area contributed by atoms with E-state index >= 15 is 0 Å². The Balaban J connectivity index is 0.00000288. The lowest BCUT2D eigenvalue weighted by Gasteiger charge is -2.22. The van der Waals surface area contributed by atoms with Gasteiger partial charge < -0.3 is 15.4 Å². The van der Waals surface area contributed by atoms with Gasteiger partial charge >= 0.3 is 0 Å².